The van der Waals surface area contributed by atoms with Crippen molar-refractivity contribution in [2.75, 3.05) is 13.1 Å². The third-order valence-electron chi connectivity index (χ3n) is 3.12. The van der Waals surface area contributed by atoms with Gasteiger partial charge in [-0.2, -0.15) is 4.40 Å². The molecule has 122 valence electrons. The van der Waals surface area contributed by atoms with Crippen LogP contribution in [0.5, 0.6) is 0 Å². The molecule has 0 radical (unpaired) electrons. The lowest BCUT2D eigenvalue weighted by molar-refractivity contribution is 0.0793. The quantitative estimate of drug-likeness (QED) is 0.629. The summed E-state index contributed by atoms with van der Waals surface area (Å²) in [6.07, 6.45) is 3.67. The highest BCUT2D eigenvalue weighted by Gasteiger charge is 2.24. The lowest BCUT2D eigenvalue weighted by Gasteiger charge is -2.34. The van der Waals surface area contributed by atoms with Gasteiger partial charge in [0.2, 0.25) is 0 Å². The van der Waals surface area contributed by atoms with Crippen LogP contribution in [0.4, 0.5) is 0 Å². The average Bonchev–Trinajstić information content (AvgIpc) is 2.33. The summed E-state index contributed by atoms with van der Waals surface area (Å²) in [5, 5.41) is 7.98. The molecule has 0 unspecified atom stereocenters. The van der Waals surface area contributed by atoms with Crippen molar-refractivity contribution in [2.24, 2.45) is 10.3 Å². The summed E-state index contributed by atoms with van der Waals surface area (Å²) >= 11 is 0. The first-order valence-electron chi connectivity index (χ1n) is 7.48. The molecule has 0 amide bonds. The van der Waals surface area contributed by atoms with Gasteiger partial charge < -0.3 is 9.64 Å². The van der Waals surface area contributed by atoms with E-state index in [2.05, 4.69) is 4.40 Å². The molecule has 1 fully saturated rings. The van der Waals surface area contributed by atoms with Crippen LogP contribution < -0.4 is 0 Å². The van der Waals surface area contributed by atoms with E-state index in [4.69, 9.17) is 10.1 Å². The Kier molecular flexibility index (Phi) is 5.96. The van der Waals surface area contributed by atoms with Crippen LogP contribution in [0.1, 0.15) is 54.4 Å². The fourth-order valence-corrected chi connectivity index (χ4v) is 2.50. The molecule has 1 saturated heterocycles. The van der Waals surface area contributed by atoms with Crippen LogP contribution in [0.25, 0.3) is 0 Å². The van der Waals surface area contributed by atoms with E-state index in [9.17, 15) is 4.21 Å². The summed E-state index contributed by atoms with van der Waals surface area (Å²) < 4.78 is 21.4. The van der Waals surface area contributed by atoms with E-state index < -0.39 is 11.0 Å². The van der Waals surface area contributed by atoms with E-state index in [1.807, 2.05) is 52.7 Å². The van der Waals surface area contributed by atoms with Gasteiger partial charge in [-0.15, -0.1) is 0 Å². The maximum atomic E-state index is 11.9. The maximum absolute atomic E-state index is 11.9. The Balaban J connectivity index is 2.44. The SMILES string of the molecule is CC(C)(C)OC(=N)N1CCC(C=N[S@](=O)C(C)(C)C)CC1. The second-order valence-corrected chi connectivity index (χ2v) is 9.39. The summed E-state index contributed by atoms with van der Waals surface area (Å²) in [6.45, 7) is 13.2. The summed E-state index contributed by atoms with van der Waals surface area (Å²) in [5.41, 5.74) is -0.334. The fourth-order valence-electron chi connectivity index (χ4n) is 1.91. The summed E-state index contributed by atoms with van der Waals surface area (Å²) in [4.78, 5) is 1.95. The van der Waals surface area contributed by atoms with Gasteiger partial charge in [0.05, 0.1) is 4.75 Å². The molecule has 0 spiro atoms. The van der Waals surface area contributed by atoms with Crippen molar-refractivity contribution >= 4 is 23.2 Å². The van der Waals surface area contributed by atoms with Crippen LogP contribution in [-0.2, 0) is 15.7 Å². The first kappa shape index (κ1) is 18.1. The van der Waals surface area contributed by atoms with Crippen LogP contribution in [0.15, 0.2) is 4.40 Å². The van der Waals surface area contributed by atoms with E-state index in [1.54, 1.807) is 0 Å². The molecule has 0 aliphatic carbocycles. The van der Waals surface area contributed by atoms with Crippen molar-refractivity contribution in [3.8, 4) is 0 Å². The second-order valence-electron chi connectivity index (χ2n) is 7.46. The summed E-state index contributed by atoms with van der Waals surface area (Å²) in [5.74, 6) is 0.343. The Morgan fingerprint density at radius 1 is 1.24 bits per heavy atom. The molecule has 5 nitrogen and oxygen atoms in total. The molecular weight excluding hydrogens is 286 g/mol. The van der Waals surface area contributed by atoms with Crippen molar-refractivity contribution in [3.05, 3.63) is 0 Å². The Morgan fingerprint density at radius 2 is 1.76 bits per heavy atom. The van der Waals surface area contributed by atoms with Crippen LogP contribution in [-0.4, -0.2) is 44.8 Å². The van der Waals surface area contributed by atoms with Gasteiger partial charge in [-0.3, -0.25) is 5.41 Å². The number of hydrogen-bond donors (Lipinski definition) is 1. The average molecular weight is 315 g/mol. The molecule has 0 aromatic carbocycles. The Morgan fingerprint density at radius 3 is 2.19 bits per heavy atom. The van der Waals surface area contributed by atoms with Crippen LogP contribution in [0.2, 0.25) is 0 Å². The van der Waals surface area contributed by atoms with Gasteiger partial charge in [0.15, 0.2) is 0 Å². The second kappa shape index (κ2) is 6.90. The minimum absolute atomic E-state index is 0.246. The van der Waals surface area contributed by atoms with Crippen molar-refractivity contribution in [3.63, 3.8) is 0 Å². The number of nitrogens with one attached hydrogen (secondary N) is 1. The predicted molar refractivity (Wildman–Crippen MR) is 89.2 cm³/mol. The Labute approximate surface area is 131 Å². The first-order chi connectivity index (χ1) is 9.49. The lowest BCUT2D eigenvalue weighted by Crippen LogP contribution is -2.42. The van der Waals surface area contributed by atoms with Gasteiger partial charge in [0.25, 0.3) is 6.02 Å². The molecule has 6 heteroatoms. The molecule has 1 rings (SSSR count). The van der Waals surface area contributed by atoms with Gasteiger partial charge in [-0.25, -0.2) is 4.21 Å². The van der Waals surface area contributed by atoms with E-state index in [-0.39, 0.29) is 16.4 Å². The smallest absolute Gasteiger partial charge is 0.284 e. The fraction of sp³-hybridized carbons (Fsp3) is 0.867. The number of piperidine rings is 1. The highest BCUT2D eigenvalue weighted by molar-refractivity contribution is 7.85. The molecule has 0 aromatic rings. The molecule has 1 aliphatic heterocycles. The third-order valence-corrected chi connectivity index (χ3v) is 4.48. The van der Waals surface area contributed by atoms with Crippen molar-refractivity contribution in [1.29, 1.82) is 5.41 Å². The molecule has 21 heavy (non-hydrogen) atoms. The molecule has 1 N–H and O–H groups in total. The zero-order chi connectivity index (χ0) is 16.3. The number of nitrogens with zero attached hydrogens (tertiary/aromatic N) is 2. The summed E-state index contributed by atoms with van der Waals surface area (Å²) in [6, 6.07) is 0.246. The van der Waals surface area contributed by atoms with E-state index in [0.717, 1.165) is 25.9 Å². The van der Waals surface area contributed by atoms with Gasteiger partial charge in [0.1, 0.15) is 16.6 Å². The highest BCUT2D eigenvalue weighted by atomic mass is 32.2. The van der Waals surface area contributed by atoms with Gasteiger partial charge in [-0.1, -0.05) is 0 Å². The molecule has 0 bridgehead atoms. The molecule has 1 aliphatic rings. The topological polar surface area (TPSA) is 65.8 Å². The zero-order valence-electron chi connectivity index (χ0n) is 14.1. The van der Waals surface area contributed by atoms with E-state index in [0.29, 0.717) is 5.92 Å². The minimum atomic E-state index is -1.18. The molecular formula is C15H29N3O2S. The summed E-state index contributed by atoms with van der Waals surface area (Å²) in [7, 11) is -1.18. The van der Waals surface area contributed by atoms with Gasteiger partial charge in [-0.05, 0) is 60.3 Å². The molecule has 1 heterocycles. The van der Waals surface area contributed by atoms with Crippen molar-refractivity contribution in [1.82, 2.24) is 4.90 Å². The largest absolute Gasteiger partial charge is 0.460 e. The predicted octanol–water partition coefficient (Wildman–Crippen LogP) is 2.98. The monoisotopic (exact) mass is 315 g/mol. The van der Waals surface area contributed by atoms with Gasteiger partial charge >= 0.3 is 0 Å². The standard InChI is InChI=1S/C15H29N3O2S/c1-14(2,3)20-13(16)18-9-7-12(8-10-18)11-17-21(19)15(4,5)6/h11-12,16H,7-10H2,1-6H3/t21-/m1/s1. The maximum Gasteiger partial charge on any atom is 0.284 e. The number of rotatable bonds is 2. The van der Waals surface area contributed by atoms with Crippen molar-refractivity contribution < 1.29 is 8.95 Å². The van der Waals surface area contributed by atoms with E-state index in [1.165, 1.54) is 0 Å². The van der Waals surface area contributed by atoms with Crippen LogP contribution >= 0.6 is 0 Å². The third kappa shape index (κ3) is 6.59. The molecule has 1 atom stereocenters. The van der Waals surface area contributed by atoms with Gasteiger partial charge in [0, 0.05) is 19.3 Å². The normalized spacial score (nSPS) is 19.8. The van der Waals surface area contributed by atoms with Crippen LogP contribution in [0.3, 0.4) is 0 Å². The molecule has 0 aromatic heterocycles. The van der Waals surface area contributed by atoms with Crippen LogP contribution in [0, 0.1) is 11.3 Å². The highest BCUT2D eigenvalue weighted by Crippen LogP contribution is 2.19. The first-order valence-corrected chi connectivity index (χ1v) is 8.58. The lowest BCUT2D eigenvalue weighted by atomic mass is 9.99. The number of amidine groups is 1. The number of hydrogen-bond acceptors (Lipinski definition) is 3. The number of likely N-dealkylation sites (tertiary alicyclic amines) is 1. The Bertz CT molecular complexity index is 414. The minimum Gasteiger partial charge on any atom is -0.460 e. The van der Waals surface area contributed by atoms with Crippen molar-refractivity contribution in [2.45, 2.75) is 64.7 Å². The van der Waals surface area contributed by atoms with E-state index >= 15 is 0 Å². The molecule has 0 saturated carbocycles. The Hall–Kier alpha value is -0.910. The zero-order valence-corrected chi connectivity index (χ0v) is 14.9. The number of ether oxygens (including phenoxy) is 1.